The summed E-state index contributed by atoms with van der Waals surface area (Å²) in [5, 5.41) is 9.86. The van der Waals surface area contributed by atoms with Crippen LogP contribution >= 0.6 is 0 Å². The fraction of sp³-hybridized carbons (Fsp3) is 0.0500. The molecule has 0 fully saturated rings. The minimum Gasteiger partial charge on any atom is -0.456 e. The van der Waals surface area contributed by atoms with Gasteiger partial charge in [-0.1, -0.05) is 108 Å². The van der Waals surface area contributed by atoms with E-state index in [1.807, 2.05) is 6.07 Å². The van der Waals surface area contributed by atoms with Crippen molar-refractivity contribution in [2.24, 2.45) is 0 Å². The summed E-state index contributed by atoms with van der Waals surface area (Å²) in [6.45, 7) is 4.33. The number of rotatable bonds is 2. The predicted octanol–water partition coefficient (Wildman–Crippen LogP) is 11.3. The van der Waals surface area contributed by atoms with Crippen molar-refractivity contribution in [3.63, 3.8) is 0 Å². The molecule has 2 heterocycles. The summed E-state index contributed by atoms with van der Waals surface area (Å²) in [5.41, 5.74) is 10.6. The Morgan fingerprint density at radius 2 is 1.07 bits per heavy atom. The molecular weight excluding hydrogens is 510 g/mol. The highest BCUT2D eigenvalue weighted by Gasteiger charge is 2.17. The van der Waals surface area contributed by atoms with Crippen molar-refractivity contribution in [2.75, 3.05) is 0 Å². The lowest BCUT2D eigenvalue weighted by atomic mass is 9.96. The lowest BCUT2D eigenvalue weighted by Crippen LogP contribution is -1.95. The van der Waals surface area contributed by atoms with Crippen molar-refractivity contribution in [2.45, 2.75) is 13.8 Å². The zero-order valence-corrected chi connectivity index (χ0v) is 23.5. The van der Waals surface area contributed by atoms with Gasteiger partial charge in [-0.15, -0.1) is 0 Å². The molecule has 2 aromatic heterocycles. The van der Waals surface area contributed by atoms with E-state index < -0.39 is 0 Å². The largest absolute Gasteiger partial charge is 0.456 e. The summed E-state index contributed by atoms with van der Waals surface area (Å²) in [7, 11) is 0. The smallest absolute Gasteiger partial charge is 0.136 e. The van der Waals surface area contributed by atoms with Crippen LogP contribution in [-0.2, 0) is 0 Å². The maximum absolute atomic E-state index is 6.21. The van der Waals surface area contributed by atoms with Gasteiger partial charge in [-0.3, -0.25) is 0 Å². The number of fused-ring (bicyclic) bond motifs is 11. The van der Waals surface area contributed by atoms with Gasteiger partial charge < -0.3 is 8.98 Å². The first kappa shape index (κ1) is 23.4. The summed E-state index contributed by atoms with van der Waals surface area (Å²) >= 11 is 0. The maximum Gasteiger partial charge on any atom is 0.136 e. The fourth-order valence-corrected chi connectivity index (χ4v) is 7.12. The molecule has 2 heteroatoms. The number of furan rings is 1. The molecule has 0 spiro atoms. The molecule has 0 saturated heterocycles. The Kier molecular flexibility index (Phi) is 4.77. The third kappa shape index (κ3) is 3.27. The molecular formula is C40H27NO. The normalized spacial score (nSPS) is 12.0. The topological polar surface area (TPSA) is 18.1 Å². The van der Waals surface area contributed by atoms with E-state index in [4.69, 9.17) is 4.42 Å². The van der Waals surface area contributed by atoms with Gasteiger partial charge in [-0.05, 0) is 71.5 Å². The first-order valence-corrected chi connectivity index (χ1v) is 14.5. The Bertz CT molecular complexity index is 2510. The molecule has 0 aliphatic carbocycles. The van der Waals surface area contributed by atoms with Crippen molar-refractivity contribution in [3.8, 4) is 16.8 Å². The minimum absolute atomic E-state index is 0.931. The van der Waals surface area contributed by atoms with Crippen LogP contribution in [0.15, 0.2) is 132 Å². The number of para-hydroxylation sites is 2. The van der Waals surface area contributed by atoms with E-state index in [0.717, 1.165) is 16.6 Å². The predicted molar refractivity (Wildman–Crippen MR) is 178 cm³/mol. The molecule has 0 atom stereocenters. The van der Waals surface area contributed by atoms with E-state index in [0.29, 0.717) is 0 Å². The van der Waals surface area contributed by atoms with Gasteiger partial charge in [0.2, 0.25) is 0 Å². The van der Waals surface area contributed by atoms with Crippen LogP contribution in [0.3, 0.4) is 0 Å². The number of aryl methyl sites for hydroxylation is 2. The van der Waals surface area contributed by atoms with Gasteiger partial charge in [0.25, 0.3) is 0 Å². The third-order valence-electron chi connectivity index (χ3n) is 8.85. The van der Waals surface area contributed by atoms with E-state index in [9.17, 15) is 0 Å². The van der Waals surface area contributed by atoms with E-state index >= 15 is 0 Å². The number of aromatic nitrogens is 1. The number of hydrogen-bond acceptors (Lipinski definition) is 1. The van der Waals surface area contributed by atoms with Gasteiger partial charge in [0.05, 0.1) is 11.0 Å². The molecule has 0 N–H and O–H groups in total. The van der Waals surface area contributed by atoms with Crippen molar-refractivity contribution < 1.29 is 4.42 Å². The summed E-state index contributed by atoms with van der Waals surface area (Å²) in [6, 6.07) is 46.4. The monoisotopic (exact) mass is 537 g/mol. The molecule has 2 nitrogen and oxygen atoms in total. The first-order valence-electron chi connectivity index (χ1n) is 14.5. The minimum atomic E-state index is 0.931. The second-order valence-corrected chi connectivity index (χ2v) is 11.5. The molecule has 0 aliphatic heterocycles. The lowest BCUT2D eigenvalue weighted by molar-refractivity contribution is 0.669. The third-order valence-corrected chi connectivity index (χ3v) is 8.85. The number of hydrogen-bond donors (Lipinski definition) is 0. The molecule has 9 aromatic rings. The Balaban J connectivity index is 1.33. The van der Waals surface area contributed by atoms with Gasteiger partial charge in [0.1, 0.15) is 11.2 Å². The molecule has 0 saturated carbocycles. The van der Waals surface area contributed by atoms with E-state index in [1.165, 1.54) is 76.7 Å². The van der Waals surface area contributed by atoms with Crippen molar-refractivity contribution in [1.29, 1.82) is 0 Å². The van der Waals surface area contributed by atoms with Crippen LogP contribution in [0.1, 0.15) is 11.1 Å². The standard InChI is InChI=1S/C40H27NO/c1-24-21-25(2)23-27(22-24)26-11-13-28(14-12-26)41-36-9-5-3-7-31(36)34-17-15-30-29-19-20-38-39(32(29)16-18-33(30)40(34)41)35-8-4-6-10-37(35)42-38/h3-23H,1-2H3. The molecule has 9 rings (SSSR count). The maximum atomic E-state index is 6.21. The zero-order valence-electron chi connectivity index (χ0n) is 23.5. The summed E-state index contributed by atoms with van der Waals surface area (Å²) in [6.07, 6.45) is 0. The Morgan fingerprint density at radius 3 is 1.88 bits per heavy atom. The van der Waals surface area contributed by atoms with Crippen molar-refractivity contribution in [3.05, 3.63) is 139 Å². The van der Waals surface area contributed by atoms with Crippen LogP contribution < -0.4 is 0 Å². The van der Waals surface area contributed by atoms with Gasteiger partial charge >= 0.3 is 0 Å². The molecule has 7 aromatic carbocycles. The Morgan fingerprint density at radius 1 is 0.452 bits per heavy atom. The van der Waals surface area contributed by atoms with E-state index in [2.05, 4.69) is 140 Å². The lowest BCUT2D eigenvalue weighted by Gasteiger charge is -2.13. The number of nitrogens with zero attached hydrogens (tertiary/aromatic N) is 1. The van der Waals surface area contributed by atoms with Crippen molar-refractivity contribution >= 4 is 65.3 Å². The average molecular weight is 538 g/mol. The second-order valence-electron chi connectivity index (χ2n) is 11.5. The molecule has 198 valence electrons. The second kappa shape index (κ2) is 8.58. The average Bonchev–Trinajstić information content (AvgIpc) is 3.57. The van der Waals surface area contributed by atoms with E-state index in [1.54, 1.807) is 0 Å². The van der Waals surface area contributed by atoms with Crippen LogP contribution in [0.25, 0.3) is 82.1 Å². The van der Waals surface area contributed by atoms with Crippen LogP contribution in [0.5, 0.6) is 0 Å². The molecule has 0 unspecified atom stereocenters. The van der Waals surface area contributed by atoms with E-state index in [-0.39, 0.29) is 0 Å². The highest BCUT2D eigenvalue weighted by molar-refractivity contribution is 6.28. The van der Waals surface area contributed by atoms with Crippen LogP contribution in [0, 0.1) is 13.8 Å². The molecule has 42 heavy (non-hydrogen) atoms. The fourth-order valence-electron chi connectivity index (χ4n) is 7.12. The highest BCUT2D eigenvalue weighted by atomic mass is 16.3. The zero-order chi connectivity index (χ0) is 27.9. The summed E-state index contributed by atoms with van der Waals surface area (Å²) < 4.78 is 8.65. The van der Waals surface area contributed by atoms with Gasteiger partial charge in [-0.2, -0.15) is 0 Å². The van der Waals surface area contributed by atoms with Gasteiger partial charge in [0.15, 0.2) is 0 Å². The van der Waals surface area contributed by atoms with Crippen LogP contribution in [0.2, 0.25) is 0 Å². The van der Waals surface area contributed by atoms with Gasteiger partial charge in [0, 0.05) is 32.6 Å². The first-order chi connectivity index (χ1) is 20.6. The quantitative estimate of drug-likeness (QED) is 0.201. The molecule has 0 bridgehead atoms. The summed E-state index contributed by atoms with van der Waals surface area (Å²) in [5.74, 6) is 0. The Hall–Kier alpha value is -5.34. The number of benzene rings is 7. The summed E-state index contributed by atoms with van der Waals surface area (Å²) in [4.78, 5) is 0. The molecule has 0 aliphatic rings. The van der Waals surface area contributed by atoms with Crippen LogP contribution in [-0.4, -0.2) is 4.57 Å². The molecule has 0 amide bonds. The highest BCUT2D eigenvalue weighted by Crippen LogP contribution is 2.42. The van der Waals surface area contributed by atoms with Crippen LogP contribution in [0.4, 0.5) is 0 Å². The SMILES string of the molecule is Cc1cc(C)cc(-c2ccc(-n3c4ccccc4c4ccc5c6ccc7oc8ccccc8c7c6ccc5c43)cc2)c1. The van der Waals surface area contributed by atoms with Crippen molar-refractivity contribution in [1.82, 2.24) is 4.57 Å². The van der Waals surface area contributed by atoms with Gasteiger partial charge in [-0.25, -0.2) is 0 Å². The Labute approximate surface area is 243 Å². The molecule has 0 radical (unpaired) electrons.